The van der Waals surface area contributed by atoms with Gasteiger partial charge in [-0.1, -0.05) is 6.92 Å². The Labute approximate surface area is 76.6 Å². The fourth-order valence-electron chi connectivity index (χ4n) is 1.69. The average Bonchev–Trinajstić information content (AvgIpc) is 2.13. The van der Waals surface area contributed by atoms with Gasteiger partial charge in [-0.2, -0.15) is 0 Å². The van der Waals surface area contributed by atoms with Crippen LogP contribution in [0.1, 0.15) is 6.92 Å². The van der Waals surface area contributed by atoms with Crippen molar-refractivity contribution in [3.8, 4) is 0 Å². The molecule has 5 heteroatoms. The van der Waals surface area contributed by atoms with Crippen LogP contribution in [-0.2, 0) is 4.74 Å². The predicted octanol–water partition coefficient (Wildman–Crippen LogP) is -1.91. The molecular weight excluding hydrogens is 176 g/mol. The summed E-state index contributed by atoms with van der Waals surface area (Å²) in [5.74, 6) is -0.511. The molecule has 0 spiro atoms. The monoisotopic (exact) mass is 192 g/mol. The molecule has 0 aliphatic heterocycles. The minimum absolute atomic E-state index is 0.511. The summed E-state index contributed by atoms with van der Waals surface area (Å²) in [5, 5.41) is 37.7. The Balaban J connectivity index is 2.79. The molecule has 1 aliphatic rings. The topological polar surface area (TPSA) is 90.2 Å². The normalized spacial score (nSPS) is 52.2. The molecule has 0 radical (unpaired) electrons. The van der Waals surface area contributed by atoms with Crippen molar-refractivity contribution in [3.63, 3.8) is 0 Å². The van der Waals surface area contributed by atoms with Crippen molar-refractivity contribution < 1.29 is 25.2 Å². The summed E-state index contributed by atoms with van der Waals surface area (Å²) in [6, 6.07) is 0. The van der Waals surface area contributed by atoms with Crippen molar-refractivity contribution in [2.24, 2.45) is 5.92 Å². The first kappa shape index (κ1) is 10.9. The van der Waals surface area contributed by atoms with E-state index in [4.69, 9.17) is 4.74 Å². The van der Waals surface area contributed by atoms with Crippen molar-refractivity contribution in [1.29, 1.82) is 0 Å². The fraction of sp³-hybridized carbons (Fsp3) is 1.00. The van der Waals surface area contributed by atoms with Gasteiger partial charge >= 0.3 is 0 Å². The fourth-order valence-corrected chi connectivity index (χ4v) is 1.69. The van der Waals surface area contributed by atoms with Crippen LogP contribution in [0, 0.1) is 5.92 Å². The largest absolute Gasteiger partial charge is 0.390 e. The Morgan fingerprint density at radius 1 is 0.846 bits per heavy atom. The maximum absolute atomic E-state index is 9.54. The number of aliphatic hydroxyl groups is 4. The van der Waals surface area contributed by atoms with Crippen LogP contribution in [-0.4, -0.2) is 58.1 Å². The van der Waals surface area contributed by atoms with Gasteiger partial charge in [0.05, 0.1) is 12.2 Å². The molecule has 0 bridgehead atoms. The van der Waals surface area contributed by atoms with Crippen LogP contribution in [0.2, 0.25) is 0 Å². The van der Waals surface area contributed by atoms with E-state index in [-0.39, 0.29) is 0 Å². The van der Waals surface area contributed by atoms with Gasteiger partial charge in [-0.3, -0.25) is 0 Å². The highest BCUT2D eigenvalue weighted by Crippen LogP contribution is 2.27. The predicted molar refractivity (Wildman–Crippen MR) is 44.0 cm³/mol. The number of ether oxygens (including phenoxy) is 1. The lowest BCUT2D eigenvalue weighted by atomic mass is 9.79. The van der Waals surface area contributed by atoms with E-state index in [0.29, 0.717) is 0 Å². The quantitative estimate of drug-likeness (QED) is 0.389. The molecule has 4 N–H and O–H groups in total. The number of aliphatic hydroxyl groups excluding tert-OH is 4. The molecule has 0 aromatic rings. The van der Waals surface area contributed by atoms with Gasteiger partial charge in [0.15, 0.2) is 0 Å². The van der Waals surface area contributed by atoms with E-state index >= 15 is 0 Å². The molecule has 0 aromatic carbocycles. The third-order valence-electron chi connectivity index (χ3n) is 2.72. The Morgan fingerprint density at radius 3 is 1.85 bits per heavy atom. The summed E-state index contributed by atoms with van der Waals surface area (Å²) in [5.41, 5.74) is 0. The van der Waals surface area contributed by atoms with Gasteiger partial charge in [0.2, 0.25) is 0 Å². The molecule has 0 aromatic heterocycles. The Morgan fingerprint density at radius 2 is 1.38 bits per heavy atom. The second-order valence-corrected chi connectivity index (χ2v) is 3.52. The first-order valence-electron chi connectivity index (χ1n) is 4.25. The molecule has 1 saturated carbocycles. The van der Waals surface area contributed by atoms with Gasteiger partial charge < -0.3 is 25.2 Å². The second-order valence-electron chi connectivity index (χ2n) is 3.52. The molecule has 1 aliphatic carbocycles. The zero-order chi connectivity index (χ0) is 10.2. The maximum Gasteiger partial charge on any atom is 0.112 e. The molecule has 6 atom stereocenters. The van der Waals surface area contributed by atoms with E-state index in [1.807, 2.05) is 0 Å². The smallest absolute Gasteiger partial charge is 0.112 e. The van der Waals surface area contributed by atoms with Crippen molar-refractivity contribution in [2.45, 2.75) is 37.4 Å². The van der Waals surface area contributed by atoms with Crippen LogP contribution in [0.5, 0.6) is 0 Å². The van der Waals surface area contributed by atoms with Crippen molar-refractivity contribution in [1.82, 2.24) is 0 Å². The first-order valence-corrected chi connectivity index (χ1v) is 4.25. The number of hydrogen-bond donors (Lipinski definition) is 4. The minimum Gasteiger partial charge on any atom is -0.390 e. The highest BCUT2D eigenvalue weighted by atomic mass is 16.5. The molecule has 0 saturated heterocycles. The lowest BCUT2D eigenvalue weighted by molar-refractivity contribution is -0.207. The van der Waals surface area contributed by atoms with Crippen LogP contribution in [0.4, 0.5) is 0 Å². The third-order valence-corrected chi connectivity index (χ3v) is 2.72. The Bertz CT molecular complexity index is 158. The minimum atomic E-state index is -1.26. The first-order chi connectivity index (χ1) is 6.00. The number of rotatable bonds is 1. The maximum atomic E-state index is 9.54. The zero-order valence-electron chi connectivity index (χ0n) is 7.66. The number of methoxy groups -OCH3 is 1. The van der Waals surface area contributed by atoms with E-state index in [0.717, 1.165) is 0 Å². The van der Waals surface area contributed by atoms with Gasteiger partial charge in [0.25, 0.3) is 0 Å². The molecule has 1 fully saturated rings. The standard InChI is InChI=1S/C8H16O5/c1-3-4(9)6(11)7(12)8(13-2)5(3)10/h3-12H,1-2H3/t3-,4-,5-,6+,7-,8-/m1/s1. The third kappa shape index (κ3) is 1.70. The molecule has 0 amide bonds. The lowest BCUT2D eigenvalue weighted by Crippen LogP contribution is -2.60. The van der Waals surface area contributed by atoms with E-state index in [1.54, 1.807) is 6.92 Å². The van der Waals surface area contributed by atoms with Gasteiger partial charge in [-0.15, -0.1) is 0 Å². The van der Waals surface area contributed by atoms with Crippen LogP contribution in [0.25, 0.3) is 0 Å². The Hall–Kier alpha value is -0.200. The molecule has 0 unspecified atom stereocenters. The van der Waals surface area contributed by atoms with E-state index < -0.39 is 36.4 Å². The zero-order valence-corrected chi connectivity index (χ0v) is 7.66. The van der Waals surface area contributed by atoms with Gasteiger partial charge in [-0.25, -0.2) is 0 Å². The van der Waals surface area contributed by atoms with Crippen LogP contribution in [0.15, 0.2) is 0 Å². The molecule has 78 valence electrons. The van der Waals surface area contributed by atoms with E-state index in [9.17, 15) is 20.4 Å². The molecule has 0 heterocycles. The summed E-state index contributed by atoms with van der Waals surface area (Å²) < 4.78 is 4.83. The van der Waals surface area contributed by atoms with E-state index in [2.05, 4.69) is 0 Å². The molecule has 1 rings (SSSR count). The number of hydrogen-bond acceptors (Lipinski definition) is 5. The molecular formula is C8H16O5. The van der Waals surface area contributed by atoms with Crippen molar-refractivity contribution in [3.05, 3.63) is 0 Å². The van der Waals surface area contributed by atoms with Crippen LogP contribution < -0.4 is 0 Å². The highest BCUT2D eigenvalue weighted by molar-refractivity contribution is 4.97. The van der Waals surface area contributed by atoms with Crippen molar-refractivity contribution >= 4 is 0 Å². The summed E-state index contributed by atoms with van der Waals surface area (Å²) in [7, 11) is 1.34. The highest BCUT2D eigenvalue weighted by Gasteiger charge is 2.46. The van der Waals surface area contributed by atoms with Gasteiger partial charge in [-0.05, 0) is 0 Å². The molecule has 5 nitrogen and oxygen atoms in total. The Kier molecular flexibility index (Phi) is 3.26. The summed E-state index contributed by atoms with van der Waals surface area (Å²) in [4.78, 5) is 0. The van der Waals surface area contributed by atoms with Crippen LogP contribution in [0.3, 0.4) is 0 Å². The SMILES string of the molecule is CO[C@@H]1[C@H](O)[C@H](C)[C@@H](O)[C@H](O)[C@H]1O. The lowest BCUT2D eigenvalue weighted by Gasteiger charge is -2.41. The van der Waals surface area contributed by atoms with Gasteiger partial charge in [0.1, 0.15) is 18.3 Å². The van der Waals surface area contributed by atoms with E-state index in [1.165, 1.54) is 7.11 Å². The summed E-state index contributed by atoms with van der Waals surface area (Å²) in [6.07, 6.45) is -5.42. The van der Waals surface area contributed by atoms with Gasteiger partial charge in [0, 0.05) is 13.0 Å². The van der Waals surface area contributed by atoms with Crippen molar-refractivity contribution in [2.75, 3.05) is 7.11 Å². The summed E-state index contributed by atoms with van der Waals surface area (Å²) in [6.45, 7) is 1.59. The second kappa shape index (κ2) is 3.89. The summed E-state index contributed by atoms with van der Waals surface area (Å²) >= 11 is 0. The van der Waals surface area contributed by atoms with Crippen LogP contribution >= 0.6 is 0 Å². The average molecular weight is 192 g/mol. The molecule has 13 heavy (non-hydrogen) atoms.